The summed E-state index contributed by atoms with van der Waals surface area (Å²) in [7, 11) is 2.85. The fourth-order valence-electron chi connectivity index (χ4n) is 2.07. The first-order chi connectivity index (χ1) is 11.5. The van der Waals surface area contributed by atoms with Gasteiger partial charge in [-0.2, -0.15) is 18.2 Å². The summed E-state index contributed by atoms with van der Waals surface area (Å²) < 4.78 is 10.4. The van der Waals surface area contributed by atoms with Gasteiger partial charge in [-0.1, -0.05) is 17.7 Å². The molecule has 0 aromatic heterocycles. The van der Waals surface area contributed by atoms with Gasteiger partial charge in [-0.15, -0.1) is 11.6 Å². The van der Waals surface area contributed by atoms with Crippen LogP contribution in [0.5, 0.6) is 11.5 Å². The summed E-state index contributed by atoms with van der Waals surface area (Å²) >= 11 is 0. The van der Waals surface area contributed by atoms with Crippen LogP contribution in [-0.4, -0.2) is 37.5 Å². The van der Waals surface area contributed by atoms with Crippen molar-refractivity contribution < 1.29 is 51.8 Å². The van der Waals surface area contributed by atoms with E-state index in [0.29, 0.717) is 17.1 Å². The predicted molar refractivity (Wildman–Crippen MR) is 89.9 cm³/mol. The van der Waals surface area contributed by atoms with E-state index in [1.54, 1.807) is 25.2 Å². The summed E-state index contributed by atoms with van der Waals surface area (Å²) in [6.45, 7) is 1.92. The fraction of sp³-hybridized carbons (Fsp3) is 0.263. The molecule has 0 saturated heterocycles. The van der Waals surface area contributed by atoms with E-state index in [9.17, 15) is 9.59 Å². The van der Waals surface area contributed by atoms with Gasteiger partial charge in [-0.25, -0.2) is 0 Å². The number of esters is 1. The number of hydrogen-bond donors (Lipinski definition) is 0. The molecule has 0 bridgehead atoms. The molecule has 0 fully saturated rings. The molecule has 0 aliphatic heterocycles. The first-order valence-corrected chi connectivity index (χ1v) is 7.54. The molecule has 1 radical (unpaired) electrons. The zero-order chi connectivity index (χ0) is 17.5. The van der Waals surface area contributed by atoms with Gasteiger partial charge in [-0.3, -0.25) is 9.59 Å². The van der Waals surface area contributed by atoms with Gasteiger partial charge in [0.2, 0.25) is 5.91 Å². The maximum atomic E-state index is 12.3. The molecule has 2 aromatic carbocycles. The number of carbonyl (C=O) groups is 2. The van der Waals surface area contributed by atoms with Gasteiger partial charge < -0.3 is 14.4 Å². The van der Waals surface area contributed by atoms with Gasteiger partial charge >= 0.3 is 5.97 Å². The van der Waals surface area contributed by atoms with Crippen molar-refractivity contribution in [2.75, 3.05) is 20.7 Å². The molecule has 0 atom stereocenters. The zero-order valence-corrected chi connectivity index (χ0v) is 17.5. The molecule has 0 spiro atoms. The van der Waals surface area contributed by atoms with Gasteiger partial charge in [0.15, 0.2) is 0 Å². The number of nitrogens with zero attached hydrogens (tertiary/aromatic N) is 1. The van der Waals surface area contributed by atoms with Crippen molar-refractivity contribution in [2.45, 2.75) is 13.3 Å². The van der Waals surface area contributed by atoms with E-state index in [1.165, 1.54) is 12.0 Å². The second-order valence-corrected chi connectivity index (χ2v) is 5.45. The van der Waals surface area contributed by atoms with Crippen molar-refractivity contribution in [1.82, 2.24) is 4.90 Å². The van der Waals surface area contributed by atoms with E-state index >= 15 is 0 Å². The average Bonchev–Trinajstić information content (AvgIpc) is 2.58. The van der Waals surface area contributed by atoms with E-state index in [2.05, 4.69) is 10.8 Å². The molecule has 0 N–H and O–H groups in total. The summed E-state index contributed by atoms with van der Waals surface area (Å²) in [5.41, 5.74) is 1.85. The summed E-state index contributed by atoms with van der Waals surface area (Å²) in [6.07, 6.45) is 0.117. The van der Waals surface area contributed by atoms with Gasteiger partial charge in [0.1, 0.15) is 12.3 Å². The maximum absolute atomic E-state index is 12.3. The molecule has 5 nitrogen and oxygen atoms in total. The minimum absolute atomic E-state index is 0. The Hall–Kier alpha value is -1.72. The van der Waals surface area contributed by atoms with E-state index in [1.807, 2.05) is 31.2 Å². The van der Waals surface area contributed by atoms with Gasteiger partial charge in [-0.05, 0) is 19.1 Å². The molecular weight excluding hydrogens is 395 g/mol. The van der Waals surface area contributed by atoms with Crippen LogP contribution in [-0.2, 0) is 53.5 Å². The van der Waals surface area contributed by atoms with E-state index in [-0.39, 0.29) is 51.6 Å². The van der Waals surface area contributed by atoms with Gasteiger partial charge in [0, 0.05) is 51.9 Å². The molecule has 0 aliphatic carbocycles. The predicted octanol–water partition coefficient (Wildman–Crippen LogP) is 2.76. The Morgan fingerprint density at radius 1 is 1.16 bits per heavy atom. The van der Waals surface area contributed by atoms with E-state index < -0.39 is 5.97 Å². The molecule has 0 unspecified atom stereocenters. The molecule has 0 aliphatic rings. The number of amides is 1. The molecule has 2 rings (SSSR count). The van der Waals surface area contributed by atoms with Crippen LogP contribution in [0.15, 0.2) is 42.5 Å². The van der Waals surface area contributed by atoms with Crippen LogP contribution in [0.1, 0.15) is 11.1 Å². The Morgan fingerprint density at radius 2 is 1.84 bits per heavy atom. The van der Waals surface area contributed by atoms with Gasteiger partial charge in [0.25, 0.3) is 0 Å². The Kier molecular flexibility index (Phi) is 8.80. The quantitative estimate of drug-likeness (QED) is 0.538. The molecule has 0 heterocycles. The third-order valence-electron chi connectivity index (χ3n) is 3.52. The summed E-state index contributed by atoms with van der Waals surface area (Å²) in [5, 5.41) is 0. The largest absolute Gasteiger partial charge is 0.483 e. The fourth-order valence-corrected chi connectivity index (χ4v) is 2.07. The Morgan fingerprint density at radius 3 is 2.48 bits per heavy atom. The van der Waals surface area contributed by atoms with Crippen LogP contribution in [0.3, 0.4) is 0 Å². The second-order valence-electron chi connectivity index (χ2n) is 5.45. The van der Waals surface area contributed by atoms with Crippen molar-refractivity contribution in [2.24, 2.45) is 0 Å². The van der Waals surface area contributed by atoms with Crippen molar-refractivity contribution in [1.29, 1.82) is 0 Å². The number of carbonyl (C=O) groups excluding carboxylic acids is 2. The van der Waals surface area contributed by atoms with E-state index in [0.717, 1.165) is 5.56 Å². The number of hydrogen-bond acceptors (Lipinski definition) is 4. The summed E-state index contributed by atoms with van der Waals surface area (Å²) in [6, 6.07) is 15.8. The molecule has 0 saturated carbocycles. The van der Waals surface area contributed by atoms with Crippen LogP contribution in [0.4, 0.5) is 0 Å². The van der Waals surface area contributed by atoms with E-state index in [4.69, 9.17) is 4.74 Å². The maximum Gasteiger partial charge on any atom is 0.325 e. The van der Waals surface area contributed by atoms with Crippen molar-refractivity contribution >= 4 is 11.9 Å². The number of benzene rings is 2. The number of likely N-dealkylation sites (N-methyl/N-ethyl adjacent to an activating group) is 1. The molecular formula is C19H20NO4Y-. The summed E-state index contributed by atoms with van der Waals surface area (Å²) in [5.74, 6) is 0.635. The van der Waals surface area contributed by atoms with Crippen molar-refractivity contribution in [3.05, 3.63) is 59.7 Å². The normalized spacial score (nSPS) is 9.72. The summed E-state index contributed by atoms with van der Waals surface area (Å²) in [4.78, 5) is 24.9. The minimum atomic E-state index is -0.457. The first kappa shape index (κ1) is 21.3. The van der Waals surface area contributed by atoms with Crippen LogP contribution in [0, 0.1) is 13.0 Å². The third-order valence-corrected chi connectivity index (χ3v) is 3.52. The van der Waals surface area contributed by atoms with Crippen LogP contribution in [0.25, 0.3) is 0 Å². The molecule has 25 heavy (non-hydrogen) atoms. The van der Waals surface area contributed by atoms with Crippen LogP contribution < -0.4 is 4.74 Å². The standard InChI is InChI=1S/C19H20NO4.Y/c1-14-8-10-16(11-9-14)24-17-7-5-4-6-15(17)12-18(21)20(2)13-19(22)23-3;/h5-11H,12-13H2,1-3H3;/q-1;. The Balaban J connectivity index is 0.00000312. The topological polar surface area (TPSA) is 55.8 Å². The number of rotatable bonds is 6. The molecule has 6 heteroatoms. The Bertz CT molecular complexity index is 716. The Labute approximate surface area is 173 Å². The number of methoxy groups -OCH3 is 1. The monoisotopic (exact) mass is 415 g/mol. The zero-order valence-electron chi connectivity index (χ0n) is 14.6. The molecule has 129 valence electrons. The van der Waals surface area contributed by atoms with Crippen LogP contribution >= 0.6 is 0 Å². The van der Waals surface area contributed by atoms with Crippen LogP contribution in [0.2, 0.25) is 0 Å². The van der Waals surface area contributed by atoms with Crippen molar-refractivity contribution in [3.8, 4) is 11.5 Å². The number of aryl methyl sites for hydroxylation is 1. The minimum Gasteiger partial charge on any atom is -0.483 e. The smallest absolute Gasteiger partial charge is 0.325 e. The van der Waals surface area contributed by atoms with Gasteiger partial charge in [0.05, 0.1) is 7.11 Å². The second kappa shape index (κ2) is 10.3. The van der Waals surface area contributed by atoms with Crippen molar-refractivity contribution in [3.63, 3.8) is 0 Å². The first-order valence-electron chi connectivity index (χ1n) is 7.54. The average molecular weight is 415 g/mol. The molecule has 2 aromatic rings. The number of ether oxygens (including phenoxy) is 2. The molecule has 1 amide bonds. The SMILES string of the molecule is COC(=O)CN(C)C(=O)Cc1c[c-]ccc1Oc1ccc(C)cc1.[Y]. The third kappa shape index (κ3) is 6.60.